The summed E-state index contributed by atoms with van der Waals surface area (Å²) in [6.07, 6.45) is 3.00. The van der Waals surface area contributed by atoms with Gasteiger partial charge in [-0.2, -0.15) is 0 Å². The summed E-state index contributed by atoms with van der Waals surface area (Å²) in [6.45, 7) is 11.2. The molecule has 1 unspecified atom stereocenters. The number of aliphatic hydroxyl groups excluding tert-OH is 1. The van der Waals surface area contributed by atoms with Crippen LogP contribution >= 0.6 is 15.9 Å². The van der Waals surface area contributed by atoms with E-state index >= 15 is 9.59 Å². The van der Waals surface area contributed by atoms with Crippen molar-refractivity contribution < 1.29 is 33.8 Å². The van der Waals surface area contributed by atoms with Crippen molar-refractivity contribution in [3.05, 3.63) is 126 Å². The summed E-state index contributed by atoms with van der Waals surface area (Å²) >= 11 is 3.76. The molecule has 284 valence electrons. The smallest absolute Gasteiger partial charge is 0.313 e. The van der Waals surface area contributed by atoms with Crippen LogP contribution in [-0.2, 0) is 35.1 Å². The summed E-state index contributed by atoms with van der Waals surface area (Å²) in [4.78, 5) is 60.3. The van der Waals surface area contributed by atoms with Crippen LogP contribution in [0.3, 0.4) is 0 Å². The first-order valence-corrected chi connectivity index (χ1v) is 19.4. The van der Waals surface area contributed by atoms with Gasteiger partial charge in [-0.15, -0.1) is 13.2 Å². The van der Waals surface area contributed by atoms with E-state index in [-0.39, 0.29) is 49.0 Å². The molecule has 11 heteroatoms. The summed E-state index contributed by atoms with van der Waals surface area (Å²) < 4.78 is 13.0. The van der Waals surface area contributed by atoms with Crippen LogP contribution in [0.25, 0.3) is 0 Å². The maximum absolute atomic E-state index is 15.3. The SMILES string of the molecule is C=CCCC(=O)NC[C@H](OC(=O)[C@H]1[C@@H]2O[C@@]3(CC2Br)[C@@H]1C(=O)N([C@@H](CO)Cc1ccccc1)[C@@H]3C(=O)N(CC=C)c1c(C)cccc1C)c1ccccc1. The minimum absolute atomic E-state index is 0.0225. The van der Waals surface area contributed by atoms with Gasteiger partial charge in [-0.3, -0.25) is 19.2 Å². The second-order valence-corrected chi connectivity index (χ2v) is 15.6. The molecule has 2 bridgehead atoms. The van der Waals surface area contributed by atoms with Crippen LogP contribution in [-0.4, -0.2) is 82.0 Å². The lowest BCUT2D eigenvalue weighted by molar-refractivity contribution is -0.160. The molecule has 3 saturated heterocycles. The predicted molar refractivity (Wildman–Crippen MR) is 210 cm³/mol. The molecule has 10 nitrogen and oxygen atoms in total. The highest BCUT2D eigenvalue weighted by Gasteiger charge is 2.77. The highest BCUT2D eigenvalue weighted by molar-refractivity contribution is 9.09. The number of fused-ring (bicyclic) bond motifs is 1. The van der Waals surface area contributed by atoms with Crippen LogP contribution in [0.15, 0.2) is 104 Å². The molecule has 8 atom stereocenters. The van der Waals surface area contributed by atoms with E-state index in [1.807, 2.05) is 92.7 Å². The number of rotatable bonds is 16. The zero-order valence-corrected chi connectivity index (χ0v) is 32.3. The number of anilines is 1. The standard InChI is InChI=1S/C43H48BrN3O7/c1-5-7-21-34(49)45-25-33(30-19-12-9-13-20-30)53-42(52)35-36-40(50)47(31(26-48)23-29-17-10-8-11-18-29)39(43(36)24-32(44)38(35)54-43)41(51)46(22-6-2)37-27(3)15-14-16-28(37)4/h5-6,8-20,31-33,35-36,38-39,48H,1-2,7,21-26H2,3-4H3,(H,45,49)/t31-,32?,33+,35-,36+,38-,39-,43+/m1/s1. The van der Waals surface area contributed by atoms with Gasteiger partial charge < -0.3 is 29.7 Å². The number of esters is 1. The van der Waals surface area contributed by atoms with Gasteiger partial charge in [-0.1, -0.05) is 107 Å². The molecule has 3 heterocycles. The number of aliphatic hydroxyl groups is 1. The summed E-state index contributed by atoms with van der Waals surface area (Å²) in [5, 5.41) is 13.8. The molecule has 0 aromatic heterocycles. The molecule has 3 aromatic rings. The fourth-order valence-electron chi connectivity index (χ4n) is 8.59. The minimum atomic E-state index is -1.40. The first-order chi connectivity index (χ1) is 26.1. The number of hydrogen-bond donors (Lipinski definition) is 2. The molecule has 2 N–H and O–H groups in total. The molecule has 3 amide bonds. The van der Waals surface area contributed by atoms with Crippen molar-refractivity contribution in [3.63, 3.8) is 0 Å². The quantitative estimate of drug-likeness (QED) is 0.111. The first kappa shape index (κ1) is 39.1. The molecule has 3 aromatic carbocycles. The lowest BCUT2D eigenvalue weighted by Crippen LogP contribution is -2.59. The molecule has 1 spiro atoms. The fourth-order valence-corrected chi connectivity index (χ4v) is 9.53. The largest absolute Gasteiger partial charge is 0.455 e. The Balaban J connectivity index is 1.40. The Hall–Kier alpha value is -4.58. The van der Waals surface area contributed by atoms with Crippen LogP contribution in [0.1, 0.15) is 47.6 Å². The summed E-state index contributed by atoms with van der Waals surface area (Å²) in [7, 11) is 0. The highest BCUT2D eigenvalue weighted by Crippen LogP contribution is 2.61. The Morgan fingerprint density at radius 3 is 2.33 bits per heavy atom. The van der Waals surface area contributed by atoms with Crippen molar-refractivity contribution in [2.24, 2.45) is 11.8 Å². The van der Waals surface area contributed by atoms with E-state index < -0.39 is 60.2 Å². The molecule has 6 rings (SSSR count). The van der Waals surface area contributed by atoms with Gasteiger partial charge in [0.05, 0.1) is 37.1 Å². The third-order valence-corrected chi connectivity index (χ3v) is 11.8. The Bertz CT molecular complexity index is 1850. The van der Waals surface area contributed by atoms with Crippen molar-refractivity contribution in [3.8, 4) is 0 Å². The number of ether oxygens (including phenoxy) is 2. The number of para-hydroxylation sites is 1. The number of nitrogens with zero attached hydrogens (tertiary/aromatic N) is 2. The minimum Gasteiger partial charge on any atom is -0.455 e. The number of allylic oxidation sites excluding steroid dienone is 1. The number of halogens is 1. The maximum Gasteiger partial charge on any atom is 0.313 e. The molecule has 3 fully saturated rings. The van der Waals surface area contributed by atoms with Crippen LogP contribution in [0, 0.1) is 25.7 Å². The zero-order valence-electron chi connectivity index (χ0n) is 30.7. The normalized spacial score (nSPS) is 25.1. The lowest BCUT2D eigenvalue weighted by Gasteiger charge is -2.40. The molecular weight excluding hydrogens is 750 g/mol. The summed E-state index contributed by atoms with van der Waals surface area (Å²) in [6, 6.07) is 22.4. The second kappa shape index (κ2) is 16.8. The highest BCUT2D eigenvalue weighted by atomic mass is 79.9. The van der Waals surface area contributed by atoms with E-state index in [1.165, 1.54) is 4.90 Å². The number of likely N-dealkylation sites (tertiary alicyclic amines) is 1. The third kappa shape index (κ3) is 7.41. The lowest BCUT2D eigenvalue weighted by atomic mass is 9.70. The van der Waals surface area contributed by atoms with Crippen molar-refractivity contribution in [1.29, 1.82) is 0 Å². The number of carbonyl (C=O) groups excluding carboxylic acids is 4. The fraction of sp³-hybridized carbons (Fsp3) is 0.395. The van der Waals surface area contributed by atoms with E-state index in [1.54, 1.807) is 17.1 Å². The van der Waals surface area contributed by atoms with Crippen molar-refractivity contribution in [2.75, 3.05) is 24.6 Å². The van der Waals surface area contributed by atoms with Gasteiger partial charge >= 0.3 is 5.97 Å². The van der Waals surface area contributed by atoms with Crippen LogP contribution in [0.5, 0.6) is 0 Å². The number of alkyl halides is 1. The van der Waals surface area contributed by atoms with Crippen LogP contribution < -0.4 is 10.2 Å². The van der Waals surface area contributed by atoms with Crippen LogP contribution in [0.2, 0.25) is 0 Å². The van der Waals surface area contributed by atoms with Gasteiger partial charge in [0.15, 0.2) is 0 Å². The van der Waals surface area contributed by atoms with Crippen molar-refractivity contribution in [1.82, 2.24) is 10.2 Å². The van der Waals surface area contributed by atoms with Gasteiger partial charge in [-0.05, 0) is 55.4 Å². The van der Waals surface area contributed by atoms with E-state index in [4.69, 9.17) is 9.47 Å². The molecule has 0 aliphatic carbocycles. The molecular formula is C43H48BrN3O7. The molecule has 3 aliphatic heterocycles. The number of hydrogen-bond acceptors (Lipinski definition) is 7. The zero-order chi connectivity index (χ0) is 38.6. The van der Waals surface area contributed by atoms with Gasteiger partial charge in [0.1, 0.15) is 17.7 Å². The Kier molecular flexibility index (Phi) is 12.2. The number of amides is 3. The topological polar surface area (TPSA) is 125 Å². The van der Waals surface area contributed by atoms with E-state index in [0.29, 0.717) is 17.7 Å². The molecule has 54 heavy (non-hydrogen) atoms. The van der Waals surface area contributed by atoms with E-state index in [0.717, 1.165) is 16.7 Å². The van der Waals surface area contributed by atoms with Gasteiger partial charge in [-0.25, -0.2) is 0 Å². The van der Waals surface area contributed by atoms with Crippen LogP contribution in [0.4, 0.5) is 5.69 Å². The van der Waals surface area contributed by atoms with Gasteiger partial charge in [0, 0.05) is 23.5 Å². The summed E-state index contributed by atoms with van der Waals surface area (Å²) in [5.41, 5.74) is 2.60. The Morgan fingerprint density at radius 1 is 1.04 bits per heavy atom. The number of benzene rings is 3. The van der Waals surface area contributed by atoms with Crippen molar-refractivity contribution >= 4 is 45.3 Å². The Morgan fingerprint density at radius 2 is 1.70 bits per heavy atom. The molecule has 0 radical (unpaired) electrons. The Labute approximate surface area is 325 Å². The van der Waals surface area contributed by atoms with Gasteiger partial charge in [0.2, 0.25) is 11.8 Å². The average Bonchev–Trinajstić information content (AvgIpc) is 3.77. The number of nitrogens with one attached hydrogen (secondary N) is 1. The first-order valence-electron chi connectivity index (χ1n) is 18.5. The number of carbonyl (C=O) groups is 4. The molecule has 0 saturated carbocycles. The monoisotopic (exact) mass is 797 g/mol. The van der Waals surface area contributed by atoms with Gasteiger partial charge in [0.25, 0.3) is 5.91 Å². The van der Waals surface area contributed by atoms with E-state index in [9.17, 15) is 14.7 Å². The maximum atomic E-state index is 15.3. The average molecular weight is 799 g/mol. The second-order valence-electron chi connectivity index (χ2n) is 14.4. The third-order valence-electron chi connectivity index (χ3n) is 10.9. The summed E-state index contributed by atoms with van der Waals surface area (Å²) in [5.74, 6) is -3.82. The molecule has 3 aliphatic rings. The van der Waals surface area contributed by atoms with Crippen molar-refractivity contribution in [2.45, 2.75) is 74.3 Å². The predicted octanol–water partition coefficient (Wildman–Crippen LogP) is 5.54. The van der Waals surface area contributed by atoms with E-state index in [2.05, 4.69) is 34.4 Å². The number of aryl methyl sites for hydroxylation is 2.